The summed E-state index contributed by atoms with van der Waals surface area (Å²) in [5.41, 5.74) is 0. The van der Waals surface area contributed by atoms with Crippen LogP contribution in [-0.2, 0) is 19.4 Å². The number of carbonyl (C=O) groups is 2. The first kappa shape index (κ1) is 19.5. The smallest absolute Gasteiger partial charge is 0.308 e. The maximum Gasteiger partial charge on any atom is 0.308 e. The van der Waals surface area contributed by atoms with Crippen molar-refractivity contribution >= 4 is 21.7 Å². The molecule has 0 bridgehead atoms. The third-order valence-corrected chi connectivity index (χ3v) is 6.72. The van der Waals surface area contributed by atoms with Gasteiger partial charge < -0.3 is 19.5 Å². The average molecular weight is 397 g/mol. The summed E-state index contributed by atoms with van der Waals surface area (Å²) in [5.74, 6) is -1.33. The maximum absolute atomic E-state index is 12.6. The summed E-state index contributed by atoms with van der Waals surface area (Å²) in [6.07, 6.45) is 0.931. The van der Waals surface area contributed by atoms with E-state index >= 15 is 0 Å². The number of hydrogen-bond acceptors (Lipinski definition) is 6. The van der Waals surface area contributed by atoms with Gasteiger partial charge in [0.2, 0.25) is 5.91 Å². The SMILES string of the molecule is CC1CCC(C(=O)O)CN1C(=O)CCS(=O)(=O)c1ccc2c(c1)OCCO2. The zero-order valence-electron chi connectivity index (χ0n) is 15.1. The zero-order valence-corrected chi connectivity index (χ0v) is 15.9. The molecule has 1 amide bonds. The van der Waals surface area contributed by atoms with Gasteiger partial charge in [-0.3, -0.25) is 9.59 Å². The highest BCUT2D eigenvalue weighted by molar-refractivity contribution is 7.91. The molecule has 2 atom stereocenters. The molecule has 2 heterocycles. The zero-order chi connectivity index (χ0) is 19.6. The van der Waals surface area contributed by atoms with Crippen molar-refractivity contribution in [2.45, 2.75) is 37.1 Å². The minimum atomic E-state index is -3.67. The molecule has 8 nitrogen and oxygen atoms in total. The molecule has 1 aromatic carbocycles. The number of ether oxygens (including phenoxy) is 2. The molecule has 2 unspecified atom stereocenters. The van der Waals surface area contributed by atoms with E-state index in [0.29, 0.717) is 37.6 Å². The van der Waals surface area contributed by atoms with E-state index in [1.165, 1.54) is 17.0 Å². The highest BCUT2D eigenvalue weighted by atomic mass is 32.2. The van der Waals surface area contributed by atoms with E-state index in [9.17, 15) is 23.1 Å². The van der Waals surface area contributed by atoms with Crippen LogP contribution in [0.4, 0.5) is 0 Å². The molecule has 27 heavy (non-hydrogen) atoms. The Morgan fingerprint density at radius 1 is 1.19 bits per heavy atom. The Bertz CT molecular complexity index is 836. The van der Waals surface area contributed by atoms with E-state index in [0.717, 1.165) is 0 Å². The number of carbonyl (C=O) groups excluding carboxylic acids is 1. The predicted molar refractivity (Wildman–Crippen MR) is 95.6 cm³/mol. The number of rotatable bonds is 5. The minimum Gasteiger partial charge on any atom is -0.486 e. The largest absolute Gasteiger partial charge is 0.486 e. The van der Waals surface area contributed by atoms with Gasteiger partial charge in [-0.15, -0.1) is 0 Å². The molecule has 1 N–H and O–H groups in total. The number of fused-ring (bicyclic) bond motifs is 1. The number of piperidine rings is 1. The Morgan fingerprint density at radius 2 is 1.89 bits per heavy atom. The highest BCUT2D eigenvalue weighted by Gasteiger charge is 2.33. The van der Waals surface area contributed by atoms with Gasteiger partial charge in [-0.1, -0.05) is 0 Å². The number of nitrogens with zero attached hydrogens (tertiary/aromatic N) is 1. The predicted octanol–water partition coefficient (Wildman–Crippen LogP) is 1.33. The summed E-state index contributed by atoms with van der Waals surface area (Å²) < 4.78 is 36.0. The van der Waals surface area contributed by atoms with Gasteiger partial charge in [-0.2, -0.15) is 0 Å². The number of benzene rings is 1. The van der Waals surface area contributed by atoms with Crippen molar-refractivity contribution in [1.82, 2.24) is 4.90 Å². The fourth-order valence-electron chi connectivity index (χ4n) is 3.36. The molecule has 0 aliphatic carbocycles. The lowest BCUT2D eigenvalue weighted by Crippen LogP contribution is -2.47. The van der Waals surface area contributed by atoms with E-state index in [1.807, 2.05) is 6.92 Å². The summed E-state index contributed by atoms with van der Waals surface area (Å²) in [5, 5.41) is 9.17. The molecule has 9 heteroatoms. The van der Waals surface area contributed by atoms with E-state index in [4.69, 9.17) is 9.47 Å². The lowest BCUT2D eigenvalue weighted by atomic mass is 9.93. The van der Waals surface area contributed by atoms with Crippen molar-refractivity contribution in [3.05, 3.63) is 18.2 Å². The summed E-state index contributed by atoms with van der Waals surface area (Å²) >= 11 is 0. The second-order valence-electron chi connectivity index (χ2n) is 6.88. The minimum absolute atomic E-state index is 0.0784. The van der Waals surface area contributed by atoms with E-state index < -0.39 is 21.7 Å². The number of amides is 1. The highest BCUT2D eigenvalue weighted by Crippen LogP contribution is 2.32. The Hall–Kier alpha value is -2.29. The van der Waals surface area contributed by atoms with E-state index in [1.54, 1.807) is 6.07 Å². The monoisotopic (exact) mass is 397 g/mol. The molecule has 1 fully saturated rings. The van der Waals surface area contributed by atoms with Crippen LogP contribution < -0.4 is 9.47 Å². The van der Waals surface area contributed by atoms with Crippen molar-refractivity contribution in [3.8, 4) is 11.5 Å². The number of hydrogen-bond donors (Lipinski definition) is 1. The number of carboxylic acid groups (broad SMARTS) is 1. The summed E-state index contributed by atoms with van der Waals surface area (Å²) in [6, 6.07) is 4.31. The summed E-state index contributed by atoms with van der Waals surface area (Å²) in [4.78, 5) is 25.3. The van der Waals surface area contributed by atoms with Crippen molar-refractivity contribution in [3.63, 3.8) is 0 Å². The van der Waals surface area contributed by atoms with Crippen molar-refractivity contribution < 1.29 is 32.6 Å². The lowest BCUT2D eigenvalue weighted by Gasteiger charge is -2.36. The molecule has 0 aromatic heterocycles. The fraction of sp³-hybridized carbons (Fsp3) is 0.556. The molecular formula is C18H23NO7S. The Morgan fingerprint density at radius 3 is 2.59 bits per heavy atom. The third-order valence-electron chi connectivity index (χ3n) is 5.01. The van der Waals surface area contributed by atoms with Crippen LogP contribution in [0.3, 0.4) is 0 Å². The average Bonchev–Trinajstić information content (AvgIpc) is 2.66. The van der Waals surface area contributed by atoms with E-state index in [-0.39, 0.29) is 35.6 Å². The Kier molecular flexibility index (Phi) is 5.59. The van der Waals surface area contributed by atoms with E-state index in [2.05, 4.69) is 0 Å². The fourth-order valence-corrected chi connectivity index (χ4v) is 4.60. The van der Waals surface area contributed by atoms with Crippen LogP contribution in [0.5, 0.6) is 11.5 Å². The summed E-state index contributed by atoms with van der Waals surface area (Å²) in [7, 11) is -3.67. The van der Waals surface area contributed by atoms with Crippen molar-refractivity contribution in [2.24, 2.45) is 5.92 Å². The van der Waals surface area contributed by atoms with Crippen LogP contribution in [0, 0.1) is 5.92 Å². The van der Waals surface area contributed by atoms with Crippen molar-refractivity contribution in [2.75, 3.05) is 25.5 Å². The van der Waals surface area contributed by atoms with Crippen LogP contribution in [0.1, 0.15) is 26.2 Å². The van der Waals surface area contributed by atoms with Gasteiger partial charge in [0.05, 0.1) is 16.6 Å². The number of aliphatic carboxylic acids is 1. The second kappa shape index (κ2) is 7.75. The number of likely N-dealkylation sites (tertiary alicyclic amines) is 1. The lowest BCUT2D eigenvalue weighted by molar-refractivity contribution is -0.147. The topological polar surface area (TPSA) is 110 Å². The molecule has 1 saturated heterocycles. The van der Waals surface area contributed by atoms with Gasteiger partial charge in [0, 0.05) is 25.1 Å². The van der Waals surface area contributed by atoms with Gasteiger partial charge in [-0.05, 0) is 31.9 Å². The molecule has 2 aliphatic rings. The van der Waals surface area contributed by atoms with Crippen LogP contribution in [-0.4, -0.2) is 61.9 Å². The van der Waals surface area contributed by atoms with Gasteiger partial charge in [-0.25, -0.2) is 8.42 Å². The first-order valence-electron chi connectivity index (χ1n) is 8.92. The van der Waals surface area contributed by atoms with Crippen LogP contribution in [0.2, 0.25) is 0 Å². The third kappa shape index (κ3) is 4.35. The van der Waals surface area contributed by atoms with Crippen LogP contribution >= 0.6 is 0 Å². The Labute approximate surface area is 158 Å². The van der Waals surface area contributed by atoms with Gasteiger partial charge in [0.1, 0.15) is 13.2 Å². The maximum atomic E-state index is 12.6. The molecule has 3 rings (SSSR count). The molecule has 2 aliphatic heterocycles. The molecule has 148 valence electrons. The normalized spacial score (nSPS) is 22.3. The summed E-state index contributed by atoms with van der Waals surface area (Å²) in [6.45, 7) is 2.75. The molecular weight excluding hydrogens is 374 g/mol. The first-order valence-corrected chi connectivity index (χ1v) is 10.6. The van der Waals surface area contributed by atoms with Gasteiger partial charge in [0.15, 0.2) is 21.3 Å². The van der Waals surface area contributed by atoms with Crippen molar-refractivity contribution in [1.29, 1.82) is 0 Å². The van der Waals surface area contributed by atoms with Crippen LogP contribution in [0.15, 0.2) is 23.1 Å². The van der Waals surface area contributed by atoms with Gasteiger partial charge >= 0.3 is 5.97 Å². The molecule has 1 aromatic rings. The Balaban J connectivity index is 1.66. The van der Waals surface area contributed by atoms with Crippen LogP contribution in [0.25, 0.3) is 0 Å². The quantitative estimate of drug-likeness (QED) is 0.798. The number of sulfone groups is 1. The molecule has 0 radical (unpaired) electrons. The molecule has 0 spiro atoms. The second-order valence-corrected chi connectivity index (χ2v) is 8.99. The van der Waals surface area contributed by atoms with Gasteiger partial charge in [0.25, 0.3) is 0 Å². The first-order chi connectivity index (χ1) is 12.8. The standard InChI is InChI=1S/C18H23NO7S/c1-12-2-3-13(18(21)22)11-19(12)17(20)6-9-27(23,24)14-4-5-15-16(10-14)26-8-7-25-15/h4-5,10,12-13H,2-3,6-9,11H2,1H3,(H,21,22). The number of carboxylic acids is 1. The molecule has 0 saturated carbocycles.